The molecule has 2 nitrogen and oxygen atoms in total. The monoisotopic (exact) mass is 239 g/mol. The second-order valence-electron chi connectivity index (χ2n) is 2.94. The van der Waals surface area contributed by atoms with Gasteiger partial charge in [-0.3, -0.25) is 0 Å². The van der Waals surface area contributed by atoms with Gasteiger partial charge in [0.25, 0.3) is 0 Å². The molecule has 0 aliphatic carbocycles. The van der Waals surface area contributed by atoms with Gasteiger partial charge in [-0.1, -0.05) is 0 Å². The van der Waals surface area contributed by atoms with Gasteiger partial charge >= 0.3 is 0 Å². The molecule has 0 amide bonds. The Balaban J connectivity index is 2.85. The van der Waals surface area contributed by atoms with Crippen molar-refractivity contribution in [2.24, 2.45) is 7.05 Å². The van der Waals surface area contributed by atoms with Crippen molar-refractivity contribution in [3.05, 3.63) is 28.9 Å². The lowest BCUT2D eigenvalue weighted by Crippen LogP contribution is -1.87. The second kappa shape index (κ2) is 3.07. The molecular weight excluding hydrogens is 230 g/mol. The highest BCUT2D eigenvalue weighted by Gasteiger charge is 2.07. The number of halogens is 1. The van der Waals surface area contributed by atoms with Crippen molar-refractivity contribution < 1.29 is 4.74 Å². The molecule has 0 unspecified atom stereocenters. The van der Waals surface area contributed by atoms with Crippen molar-refractivity contribution in [3.63, 3.8) is 0 Å². The van der Waals surface area contributed by atoms with E-state index in [0.717, 1.165) is 15.6 Å². The maximum atomic E-state index is 5.31. The number of aryl methyl sites for hydroxylation is 1. The van der Waals surface area contributed by atoms with Gasteiger partial charge in [0, 0.05) is 18.6 Å². The van der Waals surface area contributed by atoms with E-state index >= 15 is 0 Å². The lowest BCUT2D eigenvalue weighted by atomic mass is 10.2. The fourth-order valence-corrected chi connectivity index (χ4v) is 2.01. The number of rotatable bonds is 1. The third-order valence-corrected chi connectivity index (χ3v) is 2.80. The molecule has 0 bridgehead atoms. The summed E-state index contributed by atoms with van der Waals surface area (Å²) >= 11 is 3.45. The van der Waals surface area contributed by atoms with Gasteiger partial charge in [-0.05, 0) is 34.1 Å². The van der Waals surface area contributed by atoms with Crippen molar-refractivity contribution in [1.29, 1.82) is 0 Å². The molecule has 0 aliphatic rings. The summed E-state index contributed by atoms with van der Waals surface area (Å²) in [6.07, 6.45) is 2.03. The molecule has 0 saturated heterocycles. The van der Waals surface area contributed by atoms with E-state index in [4.69, 9.17) is 4.74 Å². The zero-order valence-corrected chi connectivity index (χ0v) is 9.13. The lowest BCUT2D eigenvalue weighted by molar-refractivity contribution is 0.417. The van der Waals surface area contributed by atoms with Crippen LogP contribution in [0.3, 0.4) is 0 Å². The smallest absolute Gasteiger partial charge is 0.142 e. The number of aromatic nitrogens is 1. The third kappa shape index (κ3) is 1.23. The van der Waals surface area contributed by atoms with Crippen molar-refractivity contribution >= 4 is 26.8 Å². The Kier molecular flexibility index (Phi) is 2.04. The first-order valence-corrected chi connectivity index (χ1v) is 4.81. The molecule has 1 heterocycles. The number of ether oxygens (including phenoxy) is 1. The van der Waals surface area contributed by atoms with Gasteiger partial charge in [0.1, 0.15) is 5.75 Å². The zero-order valence-electron chi connectivity index (χ0n) is 7.54. The highest BCUT2D eigenvalue weighted by molar-refractivity contribution is 9.10. The molecule has 0 spiro atoms. The molecule has 0 N–H and O–H groups in total. The quantitative estimate of drug-likeness (QED) is 0.747. The van der Waals surface area contributed by atoms with Crippen LogP contribution in [0.2, 0.25) is 0 Å². The van der Waals surface area contributed by atoms with Gasteiger partial charge in [-0.25, -0.2) is 0 Å². The summed E-state index contributed by atoms with van der Waals surface area (Å²) in [5, 5.41) is 1.14. The van der Waals surface area contributed by atoms with E-state index in [-0.39, 0.29) is 0 Å². The van der Waals surface area contributed by atoms with E-state index in [1.807, 2.05) is 19.3 Å². The number of fused-ring (bicyclic) bond motifs is 1. The van der Waals surface area contributed by atoms with Crippen LogP contribution in [0, 0.1) is 0 Å². The van der Waals surface area contributed by atoms with Crippen LogP contribution in [0.15, 0.2) is 28.9 Å². The van der Waals surface area contributed by atoms with Crippen LogP contribution in [-0.4, -0.2) is 11.7 Å². The van der Waals surface area contributed by atoms with Crippen LogP contribution in [0.25, 0.3) is 10.9 Å². The second-order valence-corrected chi connectivity index (χ2v) is 3.79. The van der Waals surface area contributed by atoms with Crippen molar-refractivity contribution in [2.45, 2.75) is 0 Å². The number of nitrogens with zero attached hydrogens (tertiary/aromatic N) is 1. The van der Waals surface area contributed by atoms with E-state index in [2.05, 4.69) is 32.6 Å². The summed E-state index contributed by atoms with van der Waals surface area (Å²) in [5.74, 6) is 0.901. The van der Waals surface area contributed by atoms with Crippen molar-refractivity contribution in [3.8, 4) is 5.75 Å². The molecule has 2 rings (SSSR count). The Bertz CT molecular complexity index is 447. The molecule has 13 heavy (non-hydrogen) atoms. The van der Waals surface area contributed by atoms with Gasteiger partial charge in [-0.15, -0.1) is 0 Å². The maximum Gasteiger partial charge on any atom is 0.142 e. The van der Waals surface area contributed by atoms with Crippen molar-refractivity contribution in [2.75, 3.05) is 7.11 Å². The van der Waals surface area contributed by atoms with Crippen LogP contribution in [0.1, 0.15) is 0 Å². The Morgan fingerprint density at radius 1 is 1.31 bits per heavy atom. The van der Waals surface area contributed by atoms with Crippen LogP contribution in [0.4, 0.5) is 0 Å². The topological polar surface area (TPSA) is 14.2 Å². The van der Waals surface area contributed by atoms with E-state index < -0.39 is 0 Å². The summed E-state index contributed by atoms with van der Waals surface area (Å²) in [7, 11) is 3.71. The predicted molar refractivity (Wildman–Crippen MR) is 57.2 cm³/mol. The first-order valence-electron chi connectivity index (χ1n) is 4.01. The fourth-order valence-electron chi connectivity index (χ4n) is 1.51. The van der Waals surface area contributed by atoms with Crippen LogP contribution >= 0.6 is 15.9 Å². The van der Waals surface area contributed by atoms with E-state index in [1.54, 1.807) is 7.11 Å². The van der Waals surface area contributed by atoms with Gasteiger partial charge in [0.2, 0.25) is 0 Å². The standard InChI is InChI=1S/C10H10BrNO/c1-12-6-5-7-9(12)4-3-8(11)10(7)13-2/h3-6H,1-2H3. The Labute approximate surface area is 85.2 Å². The molecule has 0 saturated carbocycles. The first-order chi connectivity index (χ1) is 6.24. The molecule has 0 aliphatic heterocycles. The average molecular weight is 240 g/mol. The summed E-state index contributed by atoms with van der Waals surface area (Å²) in [5.41, 5.74) is 1.18. The van der Waals surface area contributed by atoms with Crippen LogP contribution < -0.4 is 4.74 Å². The predicted octanol–water partition coefficient (Wildman–Crippen LogP) is 2.95. The minimum Gasteiger partial charge on any atom is -0.495 e. The summed E-state index contributed by atoms with van der Waals surface area (Å²) < 4.78 is 8.38. The Morgan fingerprint density at radius 2 is 2.08 bits per heavy atom. The molecule has 0 radical (unpaired) electrons. The first kappa shape index (κ1) is 8.63. The molecule has 2 aromatic rings. The third-order valence-electron chi connectivity index (χ3n) is 2.17. The highest BCUT2D eigenvalue weighted by Crippen LogP contribution is 2.33. The molecule has 68 valence electrons. The molecule has 1 aromatic heterocycles. The van der Waals surface area contributed by atoms with Crippen LogP contribution in [-0.2, 0) is 7.05 Å². The van der Waals surface area contributed by atoms with Crippen molar-refractivity contribution in [1.82, 2.24) is 4.57 Å². The Morgan fingerprint density at radius 3 is 2.77 bits per heavy atom. The zero-order chi connectivity index (χ0) is 9.42. The van der Waals surface area contributed by atoms with Crippen LogP contribution in [0.5, 0.6) is 5.75 Å². The summed E-state index contributed by atoms with van der Waals surface area (Å²) in [6.45, 7) is 0. The van der Waals surface area contributed by atoms with E-state index in [9.17, 15) is 0 Å². The number of hydrogen-bond acceptors (Lipinski definition) is 1. The largest absolute Gasteiger partial charge is 0.495 e. The van der Waals surface area contributed by atoms with Gasteiger partial charge < -0.3 is 9.30 Å². The molecule has 0 atom stereocenters. The SMILES string of the molecule is COc1c(Br)ccc2c1ccn2C. The van der Waals surface area contributed by atoms with Gasteiger partial charge in [0.15, 0.2) is 0 Å². The van der Waals surface area contributed by atoms with Gasteiger partial charge in [0.05, 0.1) is 17.1 Å². The highest BCUT2D eigenvalue weighted by atomic mass is 79.9. The summed E-state index contributed by atoms with van der Waals surface area (Å²) in [4.78, 5) is 0. The Hall–Kier alpha value is -0.960. The number of hydrogen-bond donors (Lipinski definition) is 0. The van der Waals surface area contributed by atoms with Gasteiger partial charge in [-0.2, -0.15) is 0 Å². The fraction of sp³-hybridized carbons (Fsp3) is 0.200. The summed E-state index contributed by atoms with van der Waals surface area (Å²) in [6, 6.07) is 6.13. The minimum absolute atomic E-state index is 0.901. The average Bonchev–Trinajstić information content (AvgIpc) is 2.48. The number of methoxy groups -OCH3 is 1. The molecule has 3 heteroatoms. The normalized spacial score (nSPS) is 10.7. The maximum absolute atomic E-state index is 5.31. The minimum atomic E-state index is 0.901. The molecular formula is C10H10BrNO. The van der Waals surface area contributed by atoms with E-state index in [0.29, 0.717) is 0 Å². The number of benzene rings is 1. The molecule has 0 fully saturated rings. The molecule has 1 aromatic carbocycles. The van der Waals surface area contributed by atoms with E-state index in [1.165, 1.54) is 5.52 Å². The lowest BCUT2D eigenvalue weighted by Gasteiger charge is -2.05.